The molecule has 0 heterocycles. The lowest BCUT2D eigenvalue weighted by Crippen LogP contribution is -2.44. The van der Waals surface area contributed by atoms with E-state index in [2.05, 4.69) is 36.2 Å². The molecule has 0 spiro atoms. The minimum absolute atomic E-state index is 0.584. The molecular formula is C10H26N4OSi2. The van der Waals surface area contributed by atoms with Crippen molar-refractivity contribution in [1.82, 2.24) is 0 Å². The van der Waals surface area contributed by atoms with Crippen molar-refractivity contribution in [1.29, 1.82) is 0 Å². The molecule has 0 aliphatic carbocycles. The number of nitrogens with two attached hydrogens (primary N) is 1. The van der Waals surface area contributed by atoms with E-state index in [0.717, 1.165) is 31.5 Å². The quantitative estimate of drug-likeness (QED) is 0.229. The monoisotopic (exact) mass is 274 g/mol. The first-order valence-electron chi connectivity index (χ1n) is 6.24. The van der Waals surface area contributed by atoms with E-state index in [1.807, 2.05) is 0 Å². The third-order valence-corrected chi connectivity index (χ3v) is 10.2. The van der Waals surface area contributed by atoms with Gasteiger partial charge in [-0.3, -0.25) is 0 Å². The van der Waals surface area contributed by atoms with Crippen LogP contribution in [0.4, 0.5) is 0 Å². The summed E-state index contributed by atoms with van der Waals surface area (Å²) in [5.41, 5.74) is 13.8. The van der Waals surface area contributed by atoms with E-state index < -0.39 is 16.6 Å². The maximum Gasteiger partial charge on any atom is 0.173 e. The van der Waals surface area contributed by atoms with Crippen molar-refractivity contribution in [3.8, 4) is 0 Å². The molecule has 0 radical (unpaired) electrons. The Morgan fingerprint density at radius 2 is 1.65 bits per heavy atom. The molecule has 0 aliphatic heterocycles. The van der Waals surface area contributed by atoms with Crippen LogP contribution >= 0.6 is 0 Å². The second kappa shape index (κ2) is 7.89. The lowest BCUT2D eigenvalue weighted by Gasteiger charge is -2.34. The molecule has 0 saturated heterocycles. The van der Waals surface area contributed by atoms with Gasteiger partial charge in [-0.1, -0.05) is 5.11 Å². The molecular weight excluding hydrogens is 248 g/mol. The lowest BCUT2D eigenvalue weighted by molar-refractivity contribution is 0.531. The molecule has 0 aromatic carbocycles. The molecule has 17 heavy (non-hydrogen) atoms. The zero-order chi connectivity index (χ0) is 13.4. The van der Waals surface area contributed by atoms with Crippen LogP contribution in [0.5, 0.6) is 0 Å². The van der Waals surface area contributed by atoms with Gasteiger partial charge in [-0.05, 0) is 63.2 Å². The predicted molar refractivity (Wildman–Crippen MR) is 78.0 cm³/mol. The molecule has 0 amide bonds. The van der Waals surface area contributed by atoms with E-state index in [1.165, 1.54) is 0 Å². The molecule has 0 saturated carbocycles. The Kier molecular flexibility index (Phi) is 7.73. The van der Waals surface area contributed by atoms with Crippen LogP contribution < -0.4 is 5.73 Å². The molecule has 0 aromatic rings. The van der Waals surface area contributed by atoms with Gasteiger partial charge in [0.1, 0.15) is 0 Å². The van der Waals surface area contributed by atoms with Gasteiger partial charge in [0.15, 0.2) is 16.6 Å². The molecule has 7 heteroatoms. The van der Waals surface area contributed by atoms with Crippen molar-refractivity contribution in [2.75, 3.05) is 13.1 Å². The van der Waals surface area contributed by atoms with Crippen molar-refractivity contribution in [2.24, 2.45) is 10.8 Å². The van der Waals surface area contributed by atoms with Gasteiger partial charge < -0.3 is 9.85 Å². The summed E-state index contributed by atoms with van der Waals surface area (Å²) in [6.45, 7) is 10.4. The average molecular weight is 275 g/mol. The van der Waals surface area contributed by atoms with Gasteiger partial charge in [0.2, 0.25) is 0 Å². The molecule has 0 aromatic heterocycles. The molecule has 0 atom stereocenters. The number of rotatable bonds is 9. The largest absolute Gasteiger partial charge is 0.455 e. The summed E-state index contributed by atoms with van der Waals surface area (Å²) in [7, 11) is -3.15. The Morgan fingerprint density at radius 3 is 2.12 bits per heavy atom. The molecule has 0 fully saturated rings. The van der Waals surface area contributed by atoms with E-state index in [9.17, 15) is 0 Å². The molecule has 0 bridgehead atoms. The van der Waals surface area contributed by atoms with Crippen molar-refractivity contribution in [2.45, 2.75) is 51.1 Å². The summed E-state index contributed by atoms with van der Waals surface area (Å²) in [5.74, 6) is 0. The van der Waals surface area contributed by atoms with E-state index >= 15 is 0 Å². The lowest BCUT2D eigenvalue weighted by atomic mass is 10.5. The number of hydrogen-bond acceptors (Lipinski definition) is 3. The normalized spacial score (nSPS) is 12.3. The fourth-order valence-electron chi connectivity index (χ4n) is 2.00. The van der Waals surface area contributed by atoms with Crippen molar-refractivity contribution < 1.29 is 4.12 Å². The SMILES string of the molecule is C[Si](C)(CCCN)O[Si](C)(C)CCCN=[N+]=[N-]. The smallest absolute Gasteiger partial charge is 0.173 e. The predicted octanol–water partition coefficient (Wildman–Crippen LogP) is 3.46. The van der Waals surface area contributed by atoms with E-state index in [-0.39, 0.29) is 0 Å². The fraction of sp³-hybridized carbons (Fsp3) is 1.00. The second-order valence-corrected chi connectivity index (χ2v) is 14.4. The molecule has 100 valence electrons. The van der Waals surface area contributed by atoms with Crippen LogP contribution in [0.3, 0.4) is 0 Å². The minimum Gasteiger partial charge on any atom is -0.455 e. The van der Waals surface area contributed by atoms with Crippen molar-refractivity contribution in [3.63, 3.8) is 0 Å². The van der Waals surface area contributed by atoms with Gasteiger partial charge in [-0.2, -0.15) is 0 Å². The summed E-state index contributed by atoms with van der Waals surface area (Å²) in [6, 6.07) is 2.20. The molecule has 0 rings (SSSR count). The van der Waals surface area contributed by atoms with Gasteiger partial charge in [-0.25, -0.2) is 0 Å². The van der Waals surface area contributed by atoms with E-state index in [0.29, 0.717) is 6.54 Å². The highest BCUT2D eigenvalue weighted by molar-refractivity contribution is 6.84. The number of hydrogen-bond donors (Lipinski definition) is 1. The molecule has 5 nitrogen and oxygen atoms in total. The van der Waals surface area contributed by atoms with Gasteiger partial charge >= 0.3 is 0 Å². The van der Waals surface area contributed by atoms with Crippen LogP contribution in [0.2, 0.25) is 38.3 Å². The third kappa shape index (κ3) is 9.37. The zero-order valence-electron chi connectivity index (χ0n) is 11.6. The summed E-state index contributed by atoms with van der Waals surface area (Å²) < 4.78 is 6.40. The Morgan fingerprint density at radius 1 is 1.12 bits per heavy atom. The Hall–Kier alpha value is -0.336. The summed E-state index contributed by atoms with van der Waals surface area (Å²) in [4.78, 5) is 2.76. The van der Waals surface area contributed by atoms with Crippen LogP contribution in [0.1, 0.15) is 12.8 Å². The van der Waals surface area contributed by atoms with Crippen molar-refractivity contribution >= 4 is 16.6 Å². The zero-order valence-corrected chi connectivity index (χ0v) is 13.6. The average Bonchev–Trinajstić information content (AvgIpc) is 2.20. The Balaban J connectivity index is 4.08. The highest BCUT2D eigenvalue weighted by Crippen LogP contribution is 2.23. The fourth-order valence-corrected chi connectivity index (χ4v) is 10.9. The molecule has 0 aliphatic rings. The van der Waals surface area contributed by atoms with Crippen molar-refractivity contribution in [3.05, 3.63) is 10.4 Å². The van der Waals surface area contributed by atoms with Crippen LogP contribution in [0.15, 0.2) is 5.11 Å². The van der Waals surface area contributed by atoms with Crippen LogP contribution in [-0.2, 0) is 4.12 Å². The molecule has 0 unspecified atom stereocenters. The van der Waals surface area contributed by atoms with E-state index in [4.69, 9.17) is 15.4 Å². The topological polar surface area (TPSA) is 84.0 Å². The first kappa shape index (κ1) is 16.7. The molecule has 2 N–H and O–H groups in total. The van der Waals surface area contributed by atoms with Crippen LogP contribution in [-0.4, -0.2) is 29.7 Å². The maximum absolute atomic E-state index is 8.21. The summed E-state index contributed by atoms with van der Waals surface area (Å²) in [5, 5.41) is 3.56. The summed E-state index contributed by atoms with van der Waals surface area (Å²) >= 11 is 0. The van der Waals surface area contributed by atoms with Gasteiger partial charge in [0, 0.05) is 11.5 Å². The highest BCUT2D eigenvalue weighted by Gasteiger charge is 2.31. The first-order valence-corrected chi connectivity index (χ1v) is 12.5. The van der Waals surface area contributed by atoms with Gasteiger partial charge in [0.25, 0.3) is 0 Å². The summed E-state index contributed by atoms with van der Waals surface area (Å²) in [6.07, 6.45) is 1.99. The Bertz CT molecular complexity index is 265. The highest BCUT2D eigenvalue weighted by atomic mass is 28.4. The standard InChI is InChI=1S/C10H26N4OSi2/c1-16(2,9-5-7-11)15-17(3,4)10-6-8-13-14-12/h5-11H2,1-4H3. The Labute approximate surface area is 107 Å². The van der Waals surface area contributed by atoms with Crippen LogP contribution in [0.25, 0.3) is 10.4 Å². The van der Waals surface area contributed by atoms with E-state index in [1.54, 1.807) is 0 Å². The van der Waals surface area contributed by atoms with Gasteiger partial charge in [-0.15, -0.1) is 0 Å². The maximum atomic E-state index is 8.21. The number of nitrogens with zero attached hydrogens (tertiary/aromatic N) is 3. The number of azide groups is 1. The third-order valence-electron chi connectivity index (χ3n) is 2.64. The minimum atomic E-state index is -1.60. The van der Waals surface area contributed by atoms with Crippen LogP contribution in [0, 0.1) is 0 Å². The first-order chi connectivity index (χ1) is 7.83. The van der Waals surface area contributed by atoms with Gasteiger partial charge in [0.05, 0.1) is 0 Å². The second-order valence-electron chi connectivity index (χ2n) is 5.57.